The second-order valence-electron chi connectivity index (χ2n) is 6.27. The van der Waals surface area contributed by atoms with Crippen molar-refractivity contribution in [2.45, 2.75) is 13.3 Å². The summed E-state index contributed by atoms with van der Waals surface area (Å²) in [7, 11) is 0. The molecule has 0 unspecified atom stereocenters. The number of carbonyl (C=O) groups is 2. The minimum atomic E-state index is -0.127. The van der Waals surface area contributed by atoms with E-state index in [2.05, 4.69) is 31.3 Å². The minimum Gasteiger partial charge on any atom is -0.351 e. The normalized spacial score (nSPS) is 15.1. The Hall–Kier alpha value is -2.19. The molecule has 0 saturated carbocycles. The van der Waals surface area contributed by atoms with Crippen molar-refractivity contribution >= 4 is 33.4 Å². The summed E-state index contributed by atoms with van der Waals surface area (Å²) in [6.07, 6.45) is 0.422. The van der Waals surface area contributed by atoms with Crippen LogP contribution in [0, 0.1) is 6.92 Å². The highest BCUT2D eigenvalue weighted by Gasteiger charge is 2.24. The molecule has 1 aromatic heterocycles. The van der Waals surface area contributed by atoms with Crippen LogP contribution in [0.1, 0.15) is 22.7 Å². The SMILES string of the molecule is Cc1cc(C(=O)N2CCN(CCC(=O)Nc3ccc(Br)cc3)CC2)on1. The summed E-state index contributed by atoms with van der Waals surface area (Å²) in [5.74, 6) is 0.144. The van der Waals surface area contributed by atoms with E-state index in [-0.39, 0.29) is 17.6 Å². The lowest BCUT2D eigenvalue weighted by Gasteiger charge is -2.34. The Kier molecular flexibility index (Phi) is 6.05. The molecule has 7 nitrogen and oxygen atoms in total. The largest absolute Gasteiger partial charge is 0.351 e. The Morgan fingerprint density at radius 2 is 1.88 bits per heavy atom. The average molecular weight is 421 g/mol. The maximum absolute atomic E-state index is 12.3. The lowest BCUT2D eigenvalue weighted by molar-refractivity contribution is -0.116. The topological polar surface area (TPSA) is 78.7 Å². The van der Waals surface area contributed by atoms with Crippen LogP contribution in [-0.4, -0.2) is 59.5 Å². The molecule has 1 N–H and O–H groups in total. The Balaban J connectivity index is 1.40. The number of rotatable bonds is 5. The van der Waals surface area contributed by atoms with Gasteiger partial charge < -0.3 is 14.7 Å². The zero-order chi connectivity index (χ0) is 18.5. The fourth-order valence-electron chi connectivity index (χ4n) is 2.81. The third-order valence-electron chi connectivity index (χ3n) is 4.28. The zero-order valence-corrected chi connectivity index (χ0v) is 16.2. The fourth-order valence-corrected chi connectivity index (χ4v) is 3.08. The first-order chi connectivity index (χ1) is 12.5. The molecule has 2 heterocycles. The number of hydrogen-bond donors (Lipinski definition) is 1. The highest BCUT2D eigenvalue weighted by Crippen LogP contribution is 2.14. The molecular weight excluding hydrogens is 400 g/mol. The zero-order valence-electron chi connectivity index (χ0n) is 14.6. The molecule has 2 aromatic rings. The van der Waals surface area contributed by atoms with E-state index < -0.39 is 0 Å². The standard InChI is InChI=1S/C18H21BrN4O3/c1-13-12-16(26-21-13)18(25)23-10-8-22(9-11-23)7-6-17(24)20-15-4-2-14(19)3-5-15/h2-5,12H,6-11H2,1H3,(H,20,24). The molecule has 2 amide bonds. The molecule has 3 rings (SSSR count). The number of nitrogens with one attached hydrogen (secondary N) is 1. The van der Waals surface area contributed by atoms with Gasteiger partial charge in [-0.25, -0.2) is 0 Å². The van der Waals surface area contributed by atoms with Gasteiger partial charge in [0, 0.05) is 55.4 Å². The minimum absolute atomic E-state index is 0.0111. The molecule has 1 fully saturated rings. The number of hydrogen-bond acceptors (Lipinski definition) is 5. The van der Waals surface area contributed by atoms with Crippen molar-refractivity contribution in [1.82, 2.24) is 15.0 Å². The van der Waals surface area contributed by atoms with Crippen LogP contribution in [0.4, 0.5) is 5.69 Å². The summed E-state index contributed by atoms with van der Waals surface area (Å²) >= 11 is 3.37. The summed E-state index contributed by atoms with van der Waals surface area (Å²) in [5, 5.41) is 6.64. The van der Waals surface area contributed by atoms with E-state index in [0.717, 1.165) is 23.2 Å². The number of aryl methyl sites for hydroxylation is 1. The summed E-state index contributed by atoms with van der Waals surface area (Å²) in [6.45, 7) is 5.18. The Bertz CT molecular complexity index is 767. The van der Waals surface area contributed by atoms with E-state index in [1.54, 1.807) is 17.9 Å². The van der Waals surface area contributed by atoms with Crippen molar-refractivity contribution in [1.29, 1.82) is 0 Å². The highest BCUT2D eigenvalue weighted by molar-refractivity contribution is 9.10. The first kappa shape index (κ1) is 18.6. The quantitative estimate of drug-likeness (QED) is 0.803. The van der Waals surface area contributed by atoms with Gasteiger partial charge in [0.25, 0.3) is 5.91 Å². The Labute approximate surface area is 160 Å². The number of aromatic nitrogens is 1. The predicted molar refractivity (Wildman–Crippen MR) is 101 cm³/mol. The van der Waals surface area contributed by atoms with Crippen molar-refractivity contribution in [2.75, 3.05) is 38.0 Å². The first-order valence-electron chi connectivity index (χ1n) is 8.51. The van der Waals surface area contributed by atoms with Crippen molar-refractivity contribution < 1.29 is 14.1 Å². The van der Waals surface area contributed by atoms with Gasteiger partial charge in [-0.05, 0) is 31.2 Å². The van der Waals surface area contributed by atoms with Gasteiger partial charge in [0.1, 0.15) is 0 Å². The average Bonchev–Trinajstić information content (AvgIpc) is 3.08. The van der Waals surface area contributed by atoms with E-state index in [9.17, 15) is 9.59 Å². The van der Waals surface area contributed by atoms with Crippen LogP contribution < -0.4 is 5.32 Å². The second kappa shape index (κ2) is 8.46. The molecule has 0 atom stereocenters. The molecule has 1 aromatic carbocycles. The molecule has 8 heteroatoms. The molecule has 0 aliphatic carbocycles. The molecule has 0 spiro atoms. The fraction of sp³-hybridized carbons (Fsp3) is 0.389. The maximum atomic E-state index is 12.3. The summed E-state index contributed by atoms with van der Waals surface area (Å²) in [6, 6.07) is 9.15. The van der Waals surface area contributed by atoms with Gasteiger partial charge in [0.15, 0.2) is 0 Å². The first-order valence-corrected chi connectivity index (χ1v) is 9.31. The Morgan fingerprint density at radius 3 is 2.50 bits per heavy atom. The lowest BCUT2D eigenvalue weighted by atomic mass is 10.2. The smallest absolute Gasteiger partial charge is 0.292 e. The predicted octanol–water partition coefficient (Wildman–Crippen LogP) is 2.53. The van der Waals surface area contributed by atoms with E-state index in [1.807, 2.05) is 24.3 Å². The van der Waals surface area contributed by atoms with Crippen molar-refractivity contribution in [2.24, 2.45) is 0 Å². The number of carbonyl (C=O) groups excluding carboxylic acids is 2. The molecule has 1 aliphatic heterocycles. The van der Waals surface area contributed by atoms with Gasteiger partial charge in [-0.15, -0.1) is 0 Å². The van der Waals surface area contributed by atoms with Crippen LogP contribution in [0.2, 0.25) is 0 Å². The van der Waals surface area contributed by atoms with Crippen molar-refractivity contribution in [3.8, 4) is 0 Å². The Morgan fingerprint density at radius 1 is 1.19 bits per heavy atom. The number of amides is 2. The molecule has 138 valence electrons. The number of piperazine rings is 1. The van der Waals surface area contributed by atoms with Crippen molar-refractivity contribution in [3.63, 3.8) is 0 Å². The van der Waals surface area contributed by atoms with E-state index in [4.69, 9.17) is 4.52 Å². The monoisotopic (exact) mass is 420 g/mol. The van der Waals surface area contributed by atoms with E-state index >= 15 is 0 Å². The molecule has 1 aliphatic rings. The molecule has 0 radical (unpaired) electrons. The summed E-state index contributed by atoms with van der Waals surface area (Å²) < 4.78 is 6.01. The molecule has 1 saturated heterocycles. The number of anilines is 1. The lowest BCUT2D eigenvalue weighted by Crippen LogP contribution is -2.49. The van der Waals surface area contributed by atoms with Gasteiger partial charge in [0.05, 0.1) is 5.69 Å². The molecule has 26 heavy (non-hydrogen) atoms. The number of nitrogens with zero attached hydrogens (tertiary/aromatic N) is 3. The summed E-state index contributed by atoms with van der Waals surface area (Å²) in [5.41, 5.74) is 1.49. The van der Waals surface area contributed by atoms with Crippen molar-refractivity contribution in [3.05, 3.63) is 46.3 Å². The van der Waals surface area contributed by atoms with Crippen LogP contribution in [0.3, 0.4) is 0 Å². The third-order valence-corrected chi connectivity index (χ3v) is 4.81. The van der Waals surface area contributed by atoms with Crippen LogP contribution >= 0.6 is 15.9 Å². The maximum Gasteiger partial charge on any atom is 0.292 e. The van der Waals surface area contributed by atoms with Gasteiger partial charge in [0.2, 0.25) is 11.7 Å². The van der Waals surface area contributed by atoms with Crippen LogP contribution in [0.5, 0.6) is 0 Å². The molecular formula is C18H21BrN4O3. The van der Waals surface area contributed by atoms with E-state index in [0.29, 0.717) is 31.7 Å². The van der Waals surface area contributed by atoms with Gasteiger partial charge in [-0.3, -0.25) is 14.5 Å². The van der Waals surface area contributed by atoms with Gasteiger partial charge in [-0.2, -0.15) is 0 Å². The highest BCUT2D eigenvalue weighted by atomic mass is 79.9. The van der Waals surface area contributed by atoms with Crippen LogP contribution in [0.25, 0.3) is 0 Å². The van der Waals surface area contributed by atoms with E-state index in [1.165, 1.54) is 0 Å². The number of benzene rings is 1. The van der Waals surface area contributed by atoms with Gasteiger partial charge in [-0.1, -0.05) is 21.1 Å². The third kappa shape index (κ3) is 4.92. The second-order valence-corrected chi connectivity index (χ2v) is 7.19. The van der Waals surface area contributed by atoms with Crippen LogP contribution in [0.15, 0.2) is 39.3 Å². The van der Waals surface area contributed by atoms with Gasteiger partial charge >= 0.3 is 0 Å². The molecule has 0 bridgehead atoms. The summed E-state index contributed by atoms with van der Waals surface area (Å²) in [4.78, 5) is 28.3. The number of halogens is 1. The van der Waals surface area contributed by atoms with Crippen LogP contribution in [-0.2, 0) is 4.79 Å².